The summed E-state index contributed by atoms with van der Waals surface area (Å²) >= 11 is 3.31. The van der Waals surface area contributed by atoms with E-state index < -0.39 is 9.84 Å². The van der Waals surface area contributed by atoms with E-state index >= 15 is 0 Å². The Hall–Kier alpha value is -0.880. The van der Waals surface area contributed by atoms with Gasteiger partial charge in [-0.25, -0.2) is 8.42 Å². The third kappa shape index (κ3) is 4.31. The molecule has 1 aromatic rings. The molecule has 1 aliphatic heterocycles. The second-order valence-corrected chi connectivity index (χ2v) is 7.96. The molecule has 1 heterocycles. The van der Waals surface area contributed by atoms with Crippen molar-refractivity contribution < 1.29 is 13.2 Å². The molecule has 104 valence electrons. The van der Waals surface area contributed by atoms with Crippen LogP contribution in [0.5, 0.6) is 0 Å². The maximum absolute atomic E-state index is 11.8. The van der Waals surface area contributed by atoms with E-state index in [9.17, 15) is 13.2 Å². The molecule has 0 aliphatic carbocycles. The number of carbonyl (C=O) groups is 1. The Kier molecular flexibility index (Phi) is 4.62. The molecule has 4 nitrogen and oxygen atoms in total. The van der Waals surface area contributed by atoms with Crippen LogP contribution < -0.4 is 5.32 Å². The molecule has 0 radical (unpaired) electrons. The van der Waals surface area contributed by atoms with E-state index in [0.29, 0.717) is 17.9 Å². The molecular formula is C13H16BrNO3S. The standard InChI is InChI=1S/C13H16BrNO3S/c14-12-3-1-11(2-4-12)13(16)15-7-5-10-6-8-19(17,18)9-10/h1-4,10H,5-9H2,(H,15,16). The highest BCUT2D eigenvalue weighted by atomic mass is 79.9. The van der Waals surface area contributed by atoms with Crippen LogP contribution >= 0.6 is 15.9 Å². The minimum Gasteiger partial charge on any atom is -0.352 e. The highest BCUT2D eigenvalue weighted by molar-refractivity contribution is 9.10. The van der Waals surface area contributed by atoms with Gasteiger partial charge in [0.2, 0.25) is 0 Å². The number of sulfone groups is 1. The normalized spacial score (nSPS) is 21.2. The van der Waals surface area contributed by atoms with Crippen LogP contribution in [0, 0.1) is 5.92 Å². The molecular weight excluding hydrogens is 330 g/mol. The van der Waals surface area contributed by atoms with Crippen LogP contribution in [-0.2, 0) is 9.84 Å². The molecule has 1 aromatic carbocycles. The smallest absolute Gasteiger partial charge is 0.251 e. The van der Waals surface area contributed by atoms with Gasteiger partial charge in [-0.2, -0.15) is 0 Å². The lowest BCUT2D eigenvalue weighted by atomic mass is 10.1. The number of carbonyl (C=O) groups excluding carboxylic acids is 1. The topological polar surface area (TPSA) is 63.2 Å². The van der Waals surface area contributed by atoms with Gasteiger partial charge in [0.05, 0.1) is 11.5 Å². The second-order valence-electron chi connectivity index (χ2n) is 4.82. The van der Waals surface area contributed by atoms with Crippen molar-refractivity contribution in [2.75, 3.05) is 18.1 Å². The molecule has 1 fully saturated rings. The fourth-order valence-corrected chi connectivity index (χ4v) is 4.37. The summed E-state index contributed by atoms with van der Waals surface area (Å²) in [5.74, 6) is 0.628. The zero-order chi connectivity index (χ0) is 13.9. The summed E-state index contributed by atoms with van der Waals surface area (Å²) in [6.45, 7) is 0.523. The van der Waals surface area contributed by atoms with Crippen LogP contribution in [0.3, 0.4) is 0 Å². The summed E-state index contributed by atoms with van der Waals surface area (Å²) in [6.07, 6.45) is 1.44. The van der Waals surface area contributed by atoms with E-state index in [0.717, 1.165) is 17.3 Å². The lowest BCUT2D eigenvalue weighted by Gasteiger charge is -2.09. The number of amides is 1. The van der Waals surface area contributed by atoms with Crippen LogP contribution in [0.4, 0.5) is 0 Å². The van der Waals surface area contributed by atoms with Gasteiger partial charge < -0.3 is 5.32 Å². The SMILES string of the molecule is O=C(NCCC1CCS(=O)(=O)C1)c1ccc(Br)cc1. The summed E-state index contributed by atoms with van der Waals surface area (Å²) in [5.41, 5.74) is 0.613. The Morgan fingerprint density at radius 1 is 1.32 bits per heavy atom. The molecule has 0 spiro atoms. The van der Waals surface area contributed by atoms with E-state index in [4.69, 9.17) is 0 Å². The van der Waals surface area contributed by atoms with Crippen molar-refractivity contribution in [1.82, 2.24) is 5.32 Å². The predicted octanol–water partition coefficient (Wildman–Crippen LogP) is 2.00. The zero-order valence-electron chi connectivity index (χ0n) is 10.4. The molecule has 1 unspecified atom stereocenters. The molecule has 0 bridgehead atoms. The largest absolute Gasteiger partial charge is 0.352 e. The summed E-state index contributed by atoms with van der Waals surface area (Å²) in [5, 5.41) is 2.82. The number of hydrogen-bond acceptors (Lipinski definition) is 3. The Morgan fingerprint density at radius 3 is 2.58 bits per heavy atom. The van der Waals surface area contributed by atoms with Crippen molar-refractivity contribution in [2.24, 2.45) is 5.92 Å². The maximum Gasteiger partial charge on any atom is 0.251 e. The van der Waals surface area contributed by atoms with Gasteiger partial charge in [0.25, 0.3) is 5.91 Å². The quantitative estimate of drug-likeness (QED) is 0.907. The minimum atomic E-state index is -2.82. The van der Waals surface area contributed by atoms with E-state index in [2.05, 4.69) is 21.2 Å². The number of rotatable bonds is 4. The van der Waals surface area contributed by atoms with Gasteiger partial charge >= 0.3 is 0 Å². The van der Waals surface area contributed by atoms with Gasteiger partial charge in [0.15, 0.2) is 9.84 Å². The van der Waals surface area contributed by atoms with E-state index in [1.807, 2.05) is 12.1 Å². The van der Waals surface area contributed by atoms with Crippen molar-refractivity contribution in [3.05, 3.63) is 34.3 Å². The monoisotopic (exact) mass is 345 g/mol. The van der Waals surface area contributed by atoms with Crippen LogP contribution in [0.1, 0.15) is 23.2 Å². The highest BCUT2D eigenvalue weighted by Crippen LogP contribution is 2.20. The number of benzene rings is 1. The third-order valence-corrected chi connectivity index (χ3v) is 5.64. The van der Waals surface area contributed by atoms with Crippen LogP contribution in [0.15, 0.2) is 28.7 Å². The van der Waals surface area contributed by atoms with E-state index in [-0.39, 0.29) is 17.6 Å². The second kappa shape index (κ2) is 6.05. The van der Waals surface area contributed by atoms with Gasteiger partial charge in [-0.05, 0) is 43.0 Å². The van der Waals surface area contributed by atoms with Crippen molar-refractivity contribution >= 4 is 31.7 Å². The Labute approximate surface area is 121 Å². The van der Waals surface area contributed by atoms with Gasteiger partial charge in [0, 0.05) is 16.6 Å². The molecule has 1 atom stereocenters. The predicted molar refractivity (Wildman–Crippen MR) is 77.9 cm³/mol. The summed E-state index contributed by atoms with van der Waals surface area (Å²) in [4.78, 5) is 11.8. The first kappa shape index (κ1) is 14.5. The Morgan fingerprint density at radius 2 is 2.00 bits per heavy atom. The highest BCUT2D eigenvalue weighted by Gasteiger charge is 2.27. The van der Waals surface area contributed by atoms with Gasteiger partial charge in [0.1, 0.15) is 0 Å². The number of hydrogen-bond donors (Lipinski definition) is 1. The third-order valence-electron chi connectivity index (χ3n) is 3.27. The van der Waals surface area contributed by atoms with E-state index in [1.54, 1.807) is 12.1 Å². The lowest BCUT2D eigenvalue weighted by Crippen LogP contribution is -2.26. The van der Waals surface area contributed by atoms with Crippen molar-refractivity contribution in [2.45, 2.75) is 12.8 Å². The average molecular weight is 346 g/mol. The first-order valence-corrected chi connectivity index (χ1v) is 8.82. The fraction of sp³-hybridized carbons (Fsp3) is 0.462. The summed E-state index contributed by atoms with van der Waals surface area (Å²) < 4.78 is 23.5. The van der Waals surface area contributed by atoms with Gasteiger partial charge in [-0.15, -0.1) is 0 Å². The first-order chi connectivity index (χ1) is 8.96. The average Bonchev–Trinajstić information content (AvgIpc) is 2.69. The van der Waals surface area contributed by atoms with Gasteiger partial charge in [-0.1, -0.05) is 15.9 Å². The van der Waals surface area contributed by atoms with Crippen molar-refractivity contribution in [1.29, 1.82) is 0 Å². The fourth-order valence-electron chi connectivity index (χ4n) is 2.19. The van der Waals surface area contributed by atoms with Crippen LogP contribution in [0.25, 0.3) is 0 Å². The molecule has 1 aliphatic rings. The number of nitrogens with one attached hydrogen (secondary N) is 1. The zero-order valence-corrected chi connectivity index (χ0v) is 12.8. The lowest BCUT2D eigenvalue weighted by molar-refractivity contribution is 0.0952. The summed E-state index contributed by atoms with van der Waals surface area (Å²) in [7, 11) is -2.82. The molecule has 1 saturated heterocycles. The van der Waals surface area contributed by atoms with Gasteiger partial charge in [-0.3, -0.25) is 4.79 Å². The minimum absolute atomic E-state index is 0.117. The Balaban J connectivity index is 1.77. The molecule has 6 heteroatoms. The molecule has 19 heavy (non-hydrogen) atoms. The molecule has 0 saturated carbocycles. The Bertz CT molecular complexity index is 554. The molecule has 1 amide bonds. The van der Waals surface area contributed by atoms with E-state index in [1.165, 1.54) is 0 Å². The molecule has 1 N–H and O–H groups in total. The first-order valence-electron chi connectivity index (χ1n) is 6.20. The summed E-state index contributed by atoms with van der Waals surface area (Å²) in [6, 6.07) is 7.13. The molecule has 2 rings (SSSR count). The van der Waals surface area contributed by atoms with Crippen LogP contribution in [-0.4, -0.2) is 32.4 Å². The van der Waals surface area contributed by atoms with Crippen LogP contribution in [0.2, 0.25) is 0 Å². The number of halogens is 1. The molecule has 0 aromatic heterocycles. The van der Waals surface area contributed by atoms with Crippen molar-refractivity contribution in [3.63, 3.8) is 0 Å². The van der Waals surface area contributed by atoms with Crippen molar-refractivity contribution in [3.8, 4) is 0 Å². The maximum atomic E-state index is 11.8.